The van der Waals surface area contributed by atoms with E-state index in [1.54, 1.807) is 41.4 Å². The predicted molar refractivity (Wildman–Crippen MR) is 107 cm³/mol. The first-order chi connectivity index (χ1) is 13.5. The number of halogens is 1. The van der Waals surface area contributed by atoms with E-state index in [4.69, 9.17) is 11.6 Å². The number of hydrogen-bond donors (Lipinski definition) is 1. The number of carbonyl (C=O) groups excluding carboxylic acids is 2. The summed E-state index contributed by atoms with van der Waals surface area (Å²) < 4.78 is 0. The minimum atomic E-state index is -0.413. The van der Waals surface area contributed by atoms with Gasteiger partial charge < -0.3 is 5.32 Å². The van der Waals surface area contributed by atoms with Gasteiger partial charge in [-0.15, -0.1) is 0 Å². The number of carbonyl (C=O) groups is 2. The monoisotopic (exact) mass is 398 g/mol. The number of rotatable bonds is 3. The van der Waals surface area contributed by atoms with Gasteiger partial charge in [-0.05, 0) is 56.9 Å². The Kier molecular flexibility index (Phi) is 5.06. The van der Waals surface area contributed by atoms with Gasteiger partial charge in [-0.3, -0.25) is 14.5 Å². The minimum Gasteiger partial charge on any atom is -0.349 e. The number of aromatic nitrogens is 2. The maximum atomic E-state index is 13.3. The number of aryl methyl sites for hydroxylation is 1. The van der Waals surface area contributed by atoms with E-state index in [0.29, 0.717) is 35.2 Å². The van der Waals surface area contributed by atoms with Crippen LogP contribution in [-0.4, -0.2) is 34.4 Å². The van der Waals surface area contributed by atoms with E-state index < -0.39 is 5.41 Å². The van der Waals surface area contributed by atoms with Crippen molar-refractivity contribution in [2.24, 2.45) is 5.41 Å². The Morgan fingerprint density at radius 1 is 1.32 bits per heavy atom. The smallest absolute Gasteiger partial charge is 0.251 e. The van der Waals surface area contributed by atoms with Gasteiger partial charge >= 0.3 is 0 Å². The van der Waals surface area contributed by atoms with Gasteiger partial charge in [0, 0.05) is 29.4 Å². The summed E-state index contributed by atoms with van der Waals surface area (Å²) in [7, 11) is 0. The van der Waals surface area contributed by atoms with Crippen molar-refractivity contribution in [3.63, 3.8) is 0 Å². The van der Waals surface area contributed by atoms with E-state index in [1.807, 2.05) is 6.92 Å². The van der Waals surface area contributed by atoms with Crippen molar-refractivity contribution in [3.8, 4) is 0 Å². The number of nitrogens with one attached hydrogen (secondary N) is 1. The second kappa shape index (κ2) is 7.51. The summed E-state index contributed by atoms with van der Waals surface area (Å²) in [4.78, 5) is 36.2. The van der Waals surface area contributed by atoms with Gasteiger partial charge in [0.25, 0.3) is 5.91 Å². The van der Waals surface area contributed by atoms with E-state index in [9.17, 15) is 9.59 Å². The number of nitrogens with zero attached hydrogens (tertiary/aromatic N) is 3. The SMILES string of the molecule is Cc1nccc(N2CC[C@@]3(CCC[C@@H](NC(=O)c4cccc(Cl)c4)C3)C2=O)n1. The summed E-state index contributed by atoms with van der Waals surface area (Å²) in [6.07, 6.45) is 5.80. The summed E-state index contributed by atoms with van der Waals surface area (Å²) >= 11 is 5.99. The molecule has 6 nitrogen and oxygen atoms in total. The Morgan fingerprint density at radius 3 is 2.96 bits per heavy atom. The fraction of sp³-hybridized carbons (Fsp3) is 0.429. The van der Waals surface area contributed by atoms with Crippen molar-refractivity contribution < 1.29 is 9.59 Å². The fourth-order valence-electron chi connectivity index (χ4n) is 4.44. The molecule has 0 radical (unpaired) electrons. The van der Waals surface area contributed by atoms with Crippen LogP contribution in [0.2, 0.25) is 5.02 Å². The molecule has 2 atom stereocenters. The van der Waals surface area contributed by atoms with Crippen LogP contribution in [0.5, 0.6) is 0 Å². The van der Waals surface area contributed by atoms with Crippen LogP contribution in [0, 0.1) is 12.3 Å². The second-order valence-electron chi connectivity index (χ2n) is 7.73. The third-order valence-electron chi connectivity index (χ3n) is 5.82. The zero-order chi connectivity index (χ0) is 19.7. The third kappa shape index (κ3) is 3.61. The van der Waals surface area contributed by atoms with Gasteiger partial charge in [0.05, 0.1) is 5.41 Å². The average molecular weight is 399 g/mol. The molecule has 0 unspecified atom stereocenters. The molecule has 1 aromatic carbocycles. The van der Waals surface area contributed by atoms with Gasteiger partial charge in [0.2, 0.25) is 5.91 Å². The lowest BCUT2D eigenvalue weighted by atomic mass is 9.71. The molecule has 1 N–H and O–H groups in total. The van der Waals surface area contributed by atoms with Crippen LogP contribution in [0.1, 0.15) is 48.3 Å². The lowest BCUT2D eigenvalue weighted by molar-refractivity contribution is -0.127. The predicted octanol–water partition coefficient (Wildman–Crippen LogP) is 3.53. The third-order valence-corrected chi connectivity index (χ3v) is 6.05. The van der Waals surface area contributed by atoms with E-state index in [1.165, 1.54) is 0 Å². The van der Waals surface area contributed by atoms with Crippen molar-refractivity contribution in [2.45, 2.75) is 45.1 Å². The minimum absolute atomic E-state index is 0.0173. The van der Waals surface area contributed by atoms with Crippen molar-refractivity contribution in [3.05, 3.63) is 52.9 Å². The molecule has 146 valence electrons. The molecule has 1 spiro atoms. The highest BCUT2D eigenvalue weighted by atomic mass is 35.5. The standard InChI is InChI=1S/C21H23ClN4O2/c1-14-23-10-7-18(24-14)26-11-9-21(20(26)28)8-3-6-17(13-21)25-19(27)15-4-2-5-16(22)12-15/h2,4-5,7,10,12,17H,3,6,8-9,11,13H2,1H3,(H,25,27)/t17-,21-/m1/s1. The Balaban J connectivity index is 1.47. The highest BCUT2D eigenvalue weighted by Crippen LogP contribution is 2.45. The first-order valence-electron chi connectivity index (χ1n) is 9.65. The van der Waals surface area contributed by atoms with Crippen molar-refractivity contribution >= 4 is 29.2 Å². The first-order valence-corrected chi connectivity index (χ1v) is 10.0. The Hall–Kier alpha value is -2.47. The number of amides is 2. The van der Waals surface area contributed by atoms with Crippen molar-refractivity contribution in [1.29, 1.82) is 0 Å². The Bertz CT molecular complexity index is 919. The normalized spacial score (nSPS) is 24.6. The maximum Gasteiger partial charge on any atom is 0.251 e. The number of anilines is 1. The van der Waals surface area contributed by atoms with Crippen LogP contribution >= 0.6 is 11.6 Å². The fourth-order valence-corrected chi connectivity index (χ4v) is 4.63. The summed E-state index contributed by atoms with van der Waals surface area (Å²) in [6, 6.07) is 8.69. The molecule has 1 aliphatic carbocycles. The largest absolute Gasteiger partial charge is 0.349 e. The molecular weight excluding hydrogens is 376 g/mol. The van der Waals surface area contributed by atoms with Gasteiger partial charge in [-0.2, -0.15) is 0 Å². The van der Waals surface area contributed by atoms with Crippen LogP contribution in [0.3, 0.4) is 0 Å². The van der Waals surface area contributed by atoms with E-state index in [2.05, 4.69) is 15.3 Å². The molecule has 2 heterocycles. The van der Waals surface area contributed by atoms with Gasteiger partial charge in [0.1, 0.15) is 11.6 Å². The summed E-state index contributed by atoms with van der Waals surface area (Å²) in [6.45, 7) is 2.48. The molecule has 28 heavy (non-hydrogen) atoms. The molecule has 2 fully saturated rings. The Labute approximate surface area is 169 Å². The molecule has 2 amide bonds. The molecular formula is C21H23ClN4O2. The molecule has 7 heteroatoms. The van der Waals surface area contributed by atoms with E-state index in [-0.39, 0.29) is 17.9 Å². The lowest BCUT2D eigenvalue weighted by Gasteiger charge is -2.36. The van der Waals surface area contributed by atoms with Crippen LogP contribution in [0.25, 0.3) is 0 Å². The van der Waals surface area contributed by atoms with Crippen LogP contribution in [0.4, 0.5) is 5.82 Å². The molecule has 1 saturated carbocycles. The molecule has 4 rings (SSSR count). The van der Waals surface area contributed by atoms with Gasteiger partial charge in [-0.1, -0.05) is 24.1 Å². The topological polar surface area (TPSA) is 75.2 Å². The zero-order valence-electron chi connectivity index (χ0n) is 15.8. The Morgan fingerprint density at radius 2 is 2.18 bits per heavy atom. The lowest BCUT2D eigenvalue weighted by Crippen LogP contribution is -2.46. The summed E-state index contributed by atoms with van der Waals surface area (Å²) in [5.74, 6) is 1.30. The van der Waals surface area contributed by atoms with Gasteiger partial charge in [-0.25, -0.2) is 9.97 Å². The molecule has 2 aliphatic rings. The molecule has 1 aromatic heterocycles. The highest BCUT2D eigenvalue weighted by Gasteiger charge is 2.50. The number of benzene rings is 1. The second-order valence-corrected chi connectivity index (χ2v) is 8.16. The van der Waals surface area contributed by atoms with Crippen LogP contribution < -0.4 is 10.2 Å². The summed E-state index contributed by atoms with van der Waals surface area (Å²) in [5, 5.41) is 3.64. The van der Waals surface area contributed by atoms with Crippen molar-refractivity contribution in [2.75, 3.05) is 11.4 Å². The summed E-state index contributed by atoms with van der Waals surface area (Å²) in [5.41, 5.74) is 0.131. The molecule has 1 saturated heterocycles. The molecule has 1 aliphatic heterocycles. The quantitative estimate of drug-likeness (QED) is 0.858. The average Bonchev–Trinajstić information content (AvgIpc) is 2.97. The van der Waals surface area contributed by atoms with Crippen molar-refractivity contribution in [1.82, 2.24) is 15.3 Å². The highest BCUT2D eigenvalue weighted by molar-refractivity contribution is 6.30. The number of hydrogen-bond acceptors (Lipinski definition) is 4. The molecule has 2 aromatic rings. The zero-order valence-corrected chi connectivity index (χ0v) is 16.6. The first kappa shape index (κ1) is 18.9. The van der Waals surface area contributed by atoms with Crippen LogP contribution in [0.15, 0.2) is 36.5 Å². The molecule has 0 bridgehead atoms. The van der Waals surface area contributed by atoms with E-state index >= 15 is 0 Å². The van der Waals surface area contributed by atoms with Gasteiger partial charge in [0.15, 0.2) is 0 Å². The van der Waals surface area contributed by atoms with Crippen LogP contribution in [-0.2, 0) is 4.79 Å². The van der Waals surface area contributed by atoms with E-state index in [0.717, 1.165) is 25.7 Å². The maximum absolute atomic E-state index is 13.3.